The van der Waals surface area contributed by atoms with Gasteiger partial charge in [0.15, 0.2) is 11.5 Å². The number of esters is 1. The molecule has 35 heavy (non-hydrogen) atoms. The molecule has 3 aliphatic heterocycles. The summed E-state index contributed by atoms with van der Waals surface area (Å²) in [4.78, 5) is 28.1. The molecular weight excluding hydrogens is 446 g/mol. The molecule has 8 heteroatoms. The third-order valence-corrected chi connectivity index (χ3v) is 6.84. The van der Waals surface area contributed by atoms with E-state index in [2.05, 4.69) is 12.1 Å². The smallest absolute Gasteiger partial charge is 0.323 e. The monoisotopic (exact) mass is 477 g/mol. The standard InChI is InChI=1S/C27H31N3O5/c1-3-33-27(32)22-6-4-5-13-29(22)16-26(31)30-23(20-11-12-24-25(14-20)35-17-34-24)15-21(28-30)19-9-7-18(2)8-10-19/h7-12,14,22-23H,3-6,13,15-17H2,1-2H3/t22-,23-/m1/s1. The molecule has 0 radical (unpaired) electrons. The first kappa shape index (κ1) is 23.4. The molecule has 2 atom stereocenters. The Bertz CT molecular complexity index is 1130. The van der Waals surface area contributed by atoms with Gasteiger partial charge in [-0.1, -0.05) is 42.3 Å². The number of piperidine rings is 1. The maximum absolute atomic E-state index is 13.7. The highest BCUT2D eigenvalue weighted by Gasteiger charge is 2.37. The third kappa shape index (κ3) is 4.89. The van der Waals surface area contributed by atoms with Gasteiger partial charge < -0.3 is 14.2 Å². The van der Waals surface area contributed by atoms with Crippen LogP contribution in [0, 0.1) is 6.92 Å². The van der Waals surface area contributed by atoms with Crippen molar-refractivity contribution in [1.82, 2.24) is 9.91 Å². The van der Waals surface area contributed by atoms with Crippen molar-refractivity contribution in [2.24, 2.45) is 5.10 Å². The van der Waals surface area contributed by atoms with E-state index in [-0.39, 0.29) is 37.3 Å². The van der Waals surface area contributed by atoms with Crippen molar-refractivity contribution in [2.75, 3.05) is 26.5 Å². The Morgan fingerprint density at radius 2 is 1.89 bits per heavy atom. The summed E-state index contributed by atoms with van der Waals surface area (Å²) in [5.41, 5.74) is 3.97. The molecule has 8 nitrogen and oxygen atoms in total. The maximum Gasteiger partial charge on any atom is 0.323 e. The summed E-state index contributed by atoms with van der Waals surface area (Å²) in [6, 6.07) is 13.3. The topological polar surface area (TPSA) is 80.7 Å². The van der Waals surface area contributed by atoms with Crippen molar-refractivity contribution in [3.8, 4) is 11.5 Å². The van der Waals surface area contributed by atoms with Crippen LogP contribution in [-0.4, -0.2) is 60.0 Å². The van der Waals surface area contributed by atoms with Crippen molar-refractivity contribution in [3.63, 3.8) is 0 Å². The molecule has 1 saturated heterocycles. The number of hydrogen-bond donors (Lipinski definition) is 0. The Morgan fingerprint density at radius 1 is 1.09 bits per heavy atom. The van der Waals surface area contributed by atoms with Gasteiger partial charge in [0.25, 0.3) is 5.91 Å². The average molecular weight is 478 g/mol. The average Bonchev–Trinajstić information content (AvgIpc) is 3.52. The Kier molecular flexibility index (Phi) is 6.72. The summed E-state index contributed by atoms with van der Waals surface area (Å²) in [6.45, 7) is 5.18. The van der Waals surface area contributed by atoms with Gasteiger partial charge in [-0.15, -0.1) is 0 Å². The number of nitrogens with zero attached hydrogens (tertiary/aromatic N) is 3. The second kappa shape index (κ2) is 10.1. The number of ether oxygens (including phenoxy) is 3. The van der Waals surface area contributed by atoms with E-state index in [1.165, 1.54) is 5.56 Å². The largest absolute Gasteiger partial charge is 0.465 e. The number of hydrazone groups is 1. The minimum absolute atomic E-state index is 0.120. The van der Waals surface area contributed by atoms with E-state index in [0.29, 0.717) is 37.5 Å². The molecule has 0 spiro atoms. The molecule has 184 valence electrons. The SMILES string of the molecule is CCOC(=O)[C@H]1CCCCN1CC(=O)N1N=C(c2ccc(C)cc2)C[C@@H]1c1ccc2c(c1)OCO2. The number of aryl methyl sites for hydroxylation is 1. The molecular formula is C27H31N3O5. The van der Waals surface area contributed by atoms with Crippen LogP contribution in [-0.2, 0) is 14.3 Å². The molecule has 0 unspecified atom stereocenters. The zero-order valence-corrected chi connectivity index (χ0v) is 20.2. The zero-order valence-electron chi connectivity index (χ0n) is 20.2. The van der Waals surface area contributed by atoms with Crippen molar-refractivity contribution >= 4 is 17.6 Å². The highest BCUT2D eigenvalue weighted by Crippen LogP contribution is 2.39. The first-order chi connectivity index (χ1) is 17.0. The van der Waals surface area contributed by atoms with Crippen LogP contribution in [0.15, 0.2) is 47.6 Å². The lowest BCUT2D eigenvalue weighted by molar-refractivity contribution is -0.152. The minimum atomic E-state index is -0.389. The molecule has 0 aromatic heterocycles. The number of amides is 1. The number of carbonyl (C=O) groups is 2. The Hall–Kier alpha value is -3.39. The van der Waals surface area contributed by atoms with Gasteiger partial charge in [-0.3, -0.25) is 14.5 Å². The number of carbonyl (C=O) groups excluding carboxylic acids is 2. The first-order valence-corrected chi connectivity index (χ1v) is 12.3. The van der Waals surface area contributed by atoms with E-state index >= 15 is 0 Å². The molecule has 2 aromatic carbocycles. The summed E-state index contributed by atoms with van der Waals surface area (Å²) < 4.78 is 16.3. The predicted molar refractivity (Wildman–Crippen MR) is 130 cm³/mol. The van der Waals surface area contributed by atoms with Crippen LogP contribution < -0.4 is 9.47 Å². The van der Waals surface area contributed by atoms with E-state index in [0.717, 1.165) is 29.7 Å². The number of hydrogen-bond acceptors (Lipinski definition) is 7. The fourth-order valence-electron chi connectivity index (χ4n) is 4.97. The molecule has 1 fully saturated rings. The molecule has 0 aliphatic carbocycles. The van der Waals surface area contributed by atoms with Crippen LogP contribution in [0.3, 0.4) is 0 Å². The van der Waals surface area contributed by atoms with Crippen molar-refractivity contribution in [1.29, 1.82) is 0 Å². The highest BCUT2D eigenvalue weighted by molar-refractivity contribution is 6.03. The zero-order chi connectivity index (χ0) is 24.4. The van der Waals surface area contributed by atoms with Gasteiger partial charge in [-0.05, 0) is 56.5 Å². The van der Waals surface area contributed by atoms with Gasteiger partial charge >= 0.3 is 5.97 Å². The number of fused-ring (bicyclic) bond motifs is 1. The minimum Gasteiger partial charge on any atom is -0.465 e. The van der Waals surface area contributed by atoms with Crippen LogP contribution >= 0.6 is 0 Å². The van der Waals surface area contributed by atoms with Gasteiger partial charge in [0.2, 0.25) is 6.79 Å². The highest BCUT2D eigenvalue weighted by atomic mass is 16.7. The fourth-order valence-corrected chi connectivity index (χ4v) is 4.97. The molecule has 3 heterocycles. The normalized spacial score (nSPS) is 21.7. The maximum atomic E-state index is 13.7. The van der Waals surface area contributed by atoms with Crippen LogP contribution in [0.5, 0.6) is 11.5 Å². The molecule has 2 aromatic rings. The molecule has 0 N–H and O–H groups in total. The van der Waals surface area contributed by atoms with Crippen LogP contribution in [0.25, 0.3) is 0 Å². The van der Waals surface area contributed by atoms with E-state index in [1.54, 1.807) is 11.9 Å². The van der Waals surface area contributed by atoms with E-state index in [4.69, 9.17) is 19.3 Å². The van der Waals surface area contributed by atoms with Crippen molar-refractivity contribution in [2.45, 2.75) is 51.6 Å². The van der Waals surface area contributed by atoms with Crippen molar-refractivity contribution in [3.05, 3.63) is 59.2 Å². The lowest BCUT2D eigenvalue weighted by Crippen LogP contribution is -2.49. The predicted octanol–water partition coefficient (Wildman–Crippen LogP) is 3.82. The van der Waals surface area contributed by atoms with Crippen LogP contribution in [0.2, 0.25) is 0 Å². The first-order valence-electron chi connectivity index (χ1n) is 12.3. The Labute approximate surface area is 205 Å². The van der Waals surface area contributed by atoms with Gasteiger partial charge in [-0.25, -0.2) is 5.01 Å². The molecule has 1 amide bonds. The summed E-state index contributed by atoms with van der Waals surface area (Å²) in [7, 11) is 0. The number of rotatable bonds is 6. The molecule has 3 aliphatic rings. The second-order valence-corrected chi connectivity index (χ2v) is 9.22. The van der Waals surface area contributed by atoms with Crippen LogP contribution in [0.4, 0.5) is 0 Å². The summed E-state index contributed by atoms with van der Waals surface area (Å²) >= 11 is 0. The summed E-state index contributed by atoms with van der Waals surface area (Å²) in [6.07, 6.45) is 3.20. The van der Waals surface area contributed by atoms with Gasteiger partial charge in [0.05, 0.1) is 24.9 Å². The summed E-state index contributed by atoms with van der Waals surface area (Å²) in [5, 5.41) is 6.38. The lowest BCUT2D eigenvalue weighted by atomic mass is 9.97. The quantitative estimate of drug-likeness (QED) is 0.589. The molecule has 0 bridgehead atoms. The van der Waals surface area contributed by atoms with Crippen molar-refractivity contribution < 1.29 is 23.8 Å². The fraction of sp³-hybridized carbons (Fsp3) is 0.444. The molecule has 5 rings (SSSR count). The number of benzene rings is 2. The second-order valence-electron chi connectivity index (χ2n) is 9.22. The van der Waals surface area contributed by atoms with Crippen LogP contribution in [0.1, 0.15) is 55.3 Å². The van der Waals surface area contributed by atoms with E-state index in [9.17, 15) is 9.59 Å². The number of likely N-dealkylation sites (tertiary alicyclic amines) is 1. The van der Waals surface area contributed by atoms with E-state index in [1.807, 2.05) is 42.2 Å². The van der Waals surface area contributed by atoms with E-state index < -0.39 is 0 Å². The van der Waals surface area contributed by atoms with Gasteiger partial charge in [0.1, 0.15) is 6.04 Å². The lowest BCUT2D eigenvalue weighted by Gasteiger charge is -2.34. The Morgan fingerprint density at radius 3 is 2.69 bits per heavy atom. The summed E-state index contributed by atoms with van der Waals surface area (Å²) in [5.74, 6) is 0.996. The molecule has 0 saturated carbocycles. The Balaban J connectivity index is 1.42. The van der Waals surface area contributed by atoms with Gasteiger partial charge in [-0.2, -0.15) is 5.10 Å². The third-order valence-electron chi connectivity index (χ3n) is 6.84. The van der Waals surface area contributed by atoms with Gasteiger partial charge in [0, 0.05) is 6.42 Å².